The number of carboxylic acid groups (broad SMARTS) is 1. The van der Waals surface area contributed by atoms with E-state index >= 15 is 0 Å². The Morgan fingerprint density at radius 1 is 1.65 bits per heavy atom. The summed E-state index contributed by atoms with van der Waals surface area (Å²) in [4.78, 5) is 17.5. The molecule has 1 aliphatic rings. The van der Waals surface area contributed by atoms with E-state index < -0.39 is 5.97 Å². The number of rotatable bonds is 4. The number of carbonyl (C=O) groups is 1. The molecule has 4 nitrogen and oxygen atoms in total. The molecule has 17 heavy (non-hydrogen) atoms. The molecule has 4 heteroatoms. The zero-order chi connectivity index (χ0) is 12.4. The molecule has 90 valence electrons. The van der Waals surface area contributed by atoms with Crippen LogP contribution in [0.25, 0.3) is 0 Å². The Hall–Kier alpha value is -1.84. The summed E-state index contributed by atoms with van der Waals surface area (Å²) in [5, 5.41) is 9.22. The Morgan fingerprint density at radius 3 is 3.06 bits per heavy atom. The summed E-state index contributed by atoms with van der Waals surface area (Å²) >= 11 is 0. The largest absolute Gasteiger partial charge is 0.478 e. The van der Waals surface area contributed by atoms with Crippen molar-refractivity contribution in [2.45, 2.75) is 19.3 Å². The number of hydrogen-bond acceptors (Lipinski definition) is 3. The van der Waals surface area contributed by atoms with E-state index in [9.17, 15) is 9.90 Å². The Labute approximate surface area is 101 Å². The lowest BCUT2D eigenvalue weighted by molar-refractivity contribution is 0.0697. The predicted molar refractivity (Wildman–Crippen MR) is 66.7 cm³/mol. The topological polar surface area (TPSA) is 53.4 Å². The second kappa shape index (κ2) is 4.57. The molecule has 1 heterocycles. The minimum Gasteiger partial charge on any atom is -0.478 e. The minimum absolute atomic E-state index is 0.287. The smallest absolute Gasteiger partial charge is 0.339 e. The van der Waals surface area contributed by atoms with Crippen LogP contribution in [0.15, 0.2) is 18.7 Å². The summed E-state index contributed by atoms with van der Waals surface area (Å²) in [5.41, 5.74) is 2.41. The average molecular weight is 232 g/mol. The van der Waals surface area contributed by atoms with E-state index in [0.717, 1.165) is 30.5 Å². The van der Waals surface area contributed by atoms with Crippen molar-refractivity contribution < 1.29 is 9.90 Å². The number of pyridine rings is 1. The third kappa shape index (κ3) is 2.16. The van der Waals surface area contributed by atoms with E-state index in [2.05, 4.69) is 11.6 Å². The zero-order valence-corrected chi connectivity index (χ0v) is 9.94. The highest BCUT2D eigenvalue weighted by Crippen LogP contribution is 2.26. The molecule has 0 saturated carbocycles. The highest BCUT2D eigenvalue weighted by Gasteiger charge is 2.21. The molecule has 1 aliphatic carbocycles. The lowest BCUT2D eigenvalue weighted by Gasteiger charge is -2.19. The number of aromatic nitrogens is 1. The molecule has 0 aliphatic heterocycles. The van der Waals surface area contributed by atoms with Crippen LogP contribution in [0, 0.1) is 0 Å². The molecule has 2 rings (SSSR count). The Morgan fingerprint density at radius 2 is 2.41 bits per heavy atom. The highest BCUT2D eigenvalue weighted by molar-refractivity contribution is 5.93. The molecule has 0 saturated heterocycles. The SMILES string of the molecule is C=CCN(C)c1nc2c(cc1C(=O)O)CCC2. The van der Waals surface area contributed by atoms with E-state index in [1.54, 1.807) is 12.1 Å². The first kappa shape index (κ1) is 11.6. The summed E-state index contributed by atoms with van der Waals surface area (Å²) < 4.78 is 0. The van der Waals surface area contributed by atoms with Crippen LogP contribution in [0.4, 0.5) is 5.82 Å². The second-order valence-corrected chi connectivity index (χ2v) is 4.29. The minimum atomic E-state index is -0.918. The molecule has 0 unspecified atom stereocenters. The van der Waals surface area contributed by atoms with Crippen LogP contribution in [-0.2, 0) is 12.8 Å². The van der Waals surface area contributed by atoms with Gasteiger partial charge in [0.25, 0.3) is 0 Å². The lowest BCUT2D eigenvalue weighted by atomic mass is 10.1. The summed E-state index contributed by atoms with van der Waals surface area (Å²) in [5.74, 6) is -0.379. The zero-order valence-electron chi connectivity index (χ0n) is 9.94. The van der Waals surface area contributed by atoms with Gasteiger partial charge in [0.2, 0.25) is 0 Å². The molecule has 0 spiro atoms. The number of hydrogen-bond donors (Lipinski definition) is 1. The van der Waals surface area contributed by atoms with Crippen LogP contribution in [-0.4, -0.2) is 29.7 Å². The van der Waals surface area contributed by atoms with Gasteiger partial charge in [0.05, 0.1) is 0 Å². The van der Waals surface area contributed by atoms with Crippen LogP contribution in [0.2, 0.25) is 0 Å². The summed E-state index contributed by atoms with van der Waals surface area (Å²) in [6, 6.07) is 1.77. The third-order valence-electron chi connectivity index (χ3n) is 3.03. The van der Waals surface area contributed by atoms with Crippen molar-refractivity contribution in [2.24, 2.45) is 0 Å². The molecular formula is C13H16N2O2. The van der Waals surface area contributed by atoms with Crippen LogP contribution in [0.1, 0.15) is 28.0 Å². The first-order chi connectivity index (χ1) is 8.13. The van der Waals surface area contributed by atoms with E-state index in [1.165, 1.54) is 0 Å². The number of aromatic carboxylic acids is 1. The van der Waals surface area contributed by atoms with Crippen molar-refractivity contribution in [3.8, 4) is 0 Å². The molecule has 0 fully saturated rings. The van der Waals surface area contributed by atoms with Gasteiger partial charge < -0.3 is 10.0 Å². The summed E-state index contributed by atoms with van der Waals surface area (Å²) in [7, 11) is 1.83. The number of fused-ring (bicyclic) bond motifs is 1. The first-order valence-corrected chi connectivity index (χ1v) is 5.71. The van der Waals surface area contributed by atoms with Crippen molar-refractivity contribution in [1.29, 1.82) is 0 Å². The van der Waals surface area contributed by atoms with Crippen LogP contribution >= 0.6 is 0 Å². The maximum atomic E-state index is 11.2. The number of anilines is 1. The Balaban J connectivity index is 2.48. The van der Waals surface area contributed by atoms with Gasteiger partial charge in [-0.3, -0.25) is 0 Å². The van der Waals surface area contributed by atoms with Gasteiger partial charge in [0, 0.05) is 19.3 Å². The van der Waals surface area contributed by atoms with Gasteiger partial charge in [-0.25, -0.2) is 9.78 Å². The fourth-order valence-electron chi connectivity index (χ4n) is 2.19. The van der Waals surface area contributed by atoms with Gasteiger partial charge in [0.1, 0.15) is 11.4 Å². The fourth-order valence-corrected chi connectivity index (χ4v) is 2.19. The van der Waals surface area contributed by atoms with Crippen molar-refractivity contribution in [3.63, 3.8) is 0 Å². The number of likely N-dealkylation sites (N-methyl/N-ethyl adjacent to an activating group) is 1. The molecule has 0 bridgehead atoms. The number of nitrogens with zero attached hydrogens (tertiary/aromatic N) is 2. The quantitative estimate of drug-likeness (QED) is 0.805. The normalized spacial score (nSPS) is 13.2. The highest BCUT2D eigenvalue weighted by atomic mass is 16.4. The molecule has 0 radical (unpaired) electrons. The van der Waals surface area contributed by atoms with Crippen molar-refractivity contribution in [3.05, 3.63) is 35.5 Å². The van der Waals surface area contributed by atoms with Gasteiger partial charge in [-0.05, 0) is 30.9 Å². The summed E-state index contributed by atoms with van der Waals surface area (Å²) in [6.45, 7) is 4.25. The summed E-state index contributed by atoms with van der Waals surface area (Å²) in [6.07, 6.45) is 4.69. The first-order valence-electron chi connectivity index (χ1n) is 5.71. The van der Waals surface area contributed by atoms with Gasteiger partial charge in [-0.15, -0.1) is 6.58 Å². The third-order valence-corrected chi connectivity index (χ3v) is 3.03. The van der Waals surface area contributed by atoms with E-state index in [0.29, 0.717) is 12.4 Å². The van der Waals surface area contributed by atoms with Gasteiger partial charge in [-0.1, -0.05) is 6.08 Å². The van der Waals surface area contributed by atoms with Crippen LogP contribution in [0.3, 0.4) is 0 Å². The maximum absolute atomic E-state index is 11.2. The van der Waals surface area contributed by atoms with Crippen LogP contribution in [0.5, 0.6) is 0 Å². The lowest BCUT2D eigenvalue weighted by Crippen LogP contribution is -2.22. The fraction of sp³-hybridized carbons (Fsp3) is 0.385. The molecule has 1 N–H and O–H groups in total. The molecule has 1 aromatic rings. The monoisotopic (exact) mass is 232 g/mol. The maximum Gasteiger partial charge on any atom is 0.339 e. The van der Waals surface area contributed by atoms with Gasteiger partial charge in [0.15, 0.2) is 0 Å². The Kier molecular flexibility index (Phi) is 3.13. The molecular weight excluding hydrogens is 216 g/mol. The number of carboxylic acids is 1. The molecule has 1 aromatic heterocycles. The van der Waals surface area contributed by atoms with E-state index in [1.807, 2.05) is 11.9 Å². The molecule has 0 atom stereocenters. The van der Waals surface area contributed by atoms with Gasteiger partial charge in [-0.2, -0.15) is 0 Å². The van der Waals surface area contributed by atoms with Crippen molar-refractivity contribution >= 4 is 11.8 Å². The van der Waals surface area contributed by atoms with Gasteiger partial charge >= 0.3 is 5.97 Å². The number of aryl methyl sites for hydroxylation is 2. The van der Waals surface area contributed by atoms with Crippen LogP contribution < -0.4 is 4.90 Å². The second-order valence-electron chi connectivity index (χ2n) is 4.29. The average Bonchev–Trinajstić information content (AvgIpc) is 2.74. The predicted octanol–water partition coefficient (Wildman–Crippen LogP) is 1.89. The van der Waals surface area contributed by atoms with Crippen molar-refractivity contribution in [1.82, 2.24) is 4.98 Å². The molecule has 0 aromatic carbocycles. The molecule has 0 amide bonds. The standard InChI is InChI=1S/C13H16N2O2/c1-3-7-15(2)12-10(13(16)17)8-9-5-4-6-11(9)14-12/h3,8H,1,4-7H2,2H3,(H,16,17). The Bertz CT molecular complexity index is 469. The van der Waals surface area contributed by atoms with E-state index in [4.69, 9.17) is 0 Å². The van der Waals surface area contributed by atoms with E-state index in [-0.39, 0.29) is 5.56 Å². The van der Waals surface area contributed by atoms with Crippen molar-refractivity contribution in [2.75, 3.05) is 18.5 Å².